The largest absolute Gasteiger partial charge is 0.444 e. The van der Waals surface area contributed by atoms with Crippen LogP contribution in [0, 0.1) is 21.4 Å². The lowest BCUT2D eigenvalue weighted by Crippen LogP contribution is -2.46. The van der Waals surface area contributed by atoms with Crippen LogP contribution in [0.15, 0.2) is 36.7 Å². The molecule has 0 bridgehead atoms. The van der Waals surface area contributed by atoms with Gasteiger partial charge in [-0.25, -0.2) is 4.79 Å². The molecule has 1 saturated heterocycles. The van der Waals surface area contributed by atoms with E-state index in [0.717, 1.165) is 0 Å². The van der Waals surface area contributed by atoms with Gasteiger partial charge in [-0.05, 0) is 64.8 Å². The Balaban J connectivity index is 2.03. The highest BCUT2D eigenvalue weighted by Gasteiger charge is 2.43. The zero-order chi connectivity index (χ0) is 25.3. The number of aliphatic hydroxyl groups is 1. The van der Waals surface area contributed by atoms with Gasteiger partial charge in [0.25, 0.3) is 5.69 Å². The maximum atomic E-state index is 12.3. The van der Waals surface area contributed by atoms with Crippen molar-refractivity contribution >= 4 is 17.5 Å². The number of hydrogen-bond donors (Lipinski definition) is 2. The predicted molar refractivity (Wildman–Crippen MR) is 126 cm³/mol. The van der Waals surface area contributed by atoms with Gasteiger partial charge in [0.05, 0.1) is 34.2 Å². The van der Waals surface area contributed by atoms with Gasteiger partial charge in [0.1, 0.15) is 11.3 Å². The minimum Gasteiger partial charge on any atom is -0.444 e. The van der Waals surface area contributed by atoms with Gasteiger partial charge in [-0.15, -0.1) is 0 Å². The van der Waals surface area contributed by atoms with Crippen LogP contribution in [-0.2, 0) is 4.74 Å². The summed E-state index contributed by atoms with van der Waals surface area (Å²) < 4.78 is 5.35. The minimum atomic E-state index is -1.22. The van der Waals surface area contributed by atoms with Crippen molar-refractivity contribution in [2.45, 2.75) is 64.3 Å². The van der Waals surface area contributed by atoms with E-state index in [4.69, 9.17) is 4.74 Å². The number of amides is 1. The standard InChI is InChI=1S/C24H29N5O5/c1-23(2,3)34-22(30)27-17-11-21(24(4,5)31)28(14-17)20-10-15(6-7-19(20)29(32)33)18-13-26-9-8-16(18)12-25/h6-10,13,17,21,31H,11,14H2,1-5H3,(H,27,30)/t17-,21-/m0/s1. The molecule has 34 heavy (non-hydrogen) atoms. The van der Waals surface area contributed by atoms with E-state index in [2.05, 4.69) is 16.4 Å². The Morgan fingerprint density at radius 3 is 2.62 bits per heavy atom. The van der Waals surface area contributed by atoms with Crippen LogP contribution < -0.4 is 10.2 Å². The van der Waals surface area contributed by atoms with Crippen LogP contribution in [0.5, 0.6) is 0 Å². The van der Waals surface area contributed by atoms with Crippen LogP contribution in [0.1, 0.15) is 46.6 Å². The minimum absolute atomic E-state index is 0.140. The third-order valence-corrected chi connectivity index (χ3v) is 5.57. The average Bonchev–Trinajstić information content (AvgIpc) is 3.15. The first-order chi connectivity index (χ1) is 15.8. The number of hydrogen-bond acceptors (Lipinski definition) is 8. The zero-order valence-corrected chi connectivity index (χ0v) is 19.9. The summed E-state index contributed by atoms with van der Waals surface area (Å²) in [6.45, 7) is 8.77. The monoisotopic (exact) mass is 467 g/mol. The summed E-state index contributed by atoms with van der Waals surface area (Å²) in [5.74, 6) is 0. The number of aromatic nitrogens is 1. The highest BCUT2D eigenvalue weighted by Crippen LogP contribution is 2.40. The van der Waals surface area contributed by atoms with Crippen molar-refractivity contribution in [3.63, 3.8) is 0 Å². The molecule has 0 spiro atoms. The van der Waals surface area contributed by atoms with Gasteiger partial charge in [-0.2, -0.15) is 5.26 Å². The second kappa shape index (κ2) is 9.27. The average molecular weight is 468 g/mol. The maximum Gasteiger partial charge on any atom is 0.407 e. The molecule has 2 aromatic rings. The molecule has 3 rings (SSSR count). The molecule has 1 aliphatic heterocycles. The Labute approximate surface area is 198 Å². The molecule has 1 aromatic carbocycles. The molecule has 1 amide bonds. The van der Waals surface area contributed by atoms with E-state index in [-0.39, 0.29) is 17.9 Å². The molecular formula is C24H29N5O5. The fourth-order valence-electron chi connectivity index (χ4n) is 4.15. The Hall–Kier alpha value is -3.71. The van der Waals surface area contributed by atoms with Gasteiger partial charge >= 0.3 is 6.09 Å². The summed E-state index contributed by atoms with van der Waals surface area (Å²) >= 11 is 0. The number of carbonyl (C=O) groups is 1. The Bertz CT molecular complexity index is 1130. The first-order valence-electron chi connectivity index (χ1n) is 10.9. The van der Waals surface area contributed by atoms with Gasteiger partial charge in [0, 0.05) is 30.6 Å². The summed E-state index contributed by atoms with van der Waals surface area (Å²) in [6.07, 6.45) is 2.81. The number of ether oxygens (including phenoxy) is 1. The molecular weight excluding hydrogens is 438 g/mol. The molecule has 2 heterocycles. The lowest BCUT2D eigenvalue weighted by Gasteiger charge is -2.34. The molecule has 0 unspecified atom stereocenters. The molecule has 0 saturated carbocycles. The quantitative estimate of drug-likeness (QED) is 0.500. The molecule has 1 fully saturated rings. The number of pyridine rings is 1. The molecule has 2 atom stereocenters. The highest BCUT2D eigenvalue weighted by atomic mass is 16.6. The van der Waals surface area contributed by atoms with Crippen LogP contribution in [0.2, 0.25) is 0 Å². The van der Waals surface area contributed by atoms with Crippen molar-refractivity contribution in [3.8, 4) is 17.2 Å². The molecule has 1 aliphatic rings. The van der Waals surface area contributed by atoms with Gasteiger partial charge in [-0.1, -0.05) is 0 Å². The number of nitro benzene ring substituents is 1. The number of nitriles is 1. The number of benzene rings is 1. The van der Waals surface area contributed by atoms with E-state index in [9.17, 15) is 25.3 Å². The molecule has 10 heteroatoms. The fraction of sp³-hybridized carbons (Fsp3) is 0.458. The number of nitro groups is 1. The first kappa shape index (κ1) is 24.9. The maximum absolute atomic E-state index is 12.3. The number of alkyl carbamates (subject to hydrolysis) is 1. The van der Waals surface area contributed by atoms with Crippen LogP contribution in [0.4, 0.5) is 16.2 Å². The molecule has 1 aromatic heterocycles. The van der Waals surface area contributed by atoms with Gasteiger partial charge in [0.15, 0.2) is 0 Å². The van der Waals surface area contributed by atoms with Crippen LogP contribution in [0.25, 0.3) is 11.1 Å². The number of nitrogens with zero attached hydrogens (tertiary/aromatic N) is 4. The zero-order valence-electron chi connectivity index (χ0n) is 19.9. The van der Waals surface area contributed by atoms with Crippen molar-refractivity contribution in [1.82, 2.24) is 10.3 Å². The van der Waals surface area contributed by atoms with Crippen LogP contribution >= 0.6 is 0 Å². The number of carbonyl (C=O) groups excluding carboxylic acids is 1. The summed E-state index contributed by atoms with van der Waals surface area (Å²) in [7, 11) is 0. The van der Waals surface area contributed by atoms with E-state index in [1.807, 2.05) is 0 Å². The second-order valence-electron chi connectivity index (χ2n) is 9.89. The summed E-state index contributed by atoms with van der Waals surface area (Å²) in [5, 5.41) is 35.0. The smallest absolute Gasteiger partial charge is 0.407 e. The van der Waals surface area contributed by atoms with Gasteiger partial charge < -0.3 is 20.1 Å². The Morgan fingerprint density at radius 2 is 2.03 bits per heavy atom. The van der Waals surface area contributed by atoms with Gasteiger partial charge in [-0.3, -0.25) is 15.1 Å². The molecule has 180 valence electrons. The topological polar surface area (TPSA) is 142 Å². The van der Waals surface area contributed by atoms with Crippen molar-refractivity contribution in [2.24, 2.45) is 0 Å². The van der Waals surface area contributed by atoms with Crippen molar-refractivity contribution in [2.75, 3.05) is 11.4 Å². The van der Waals surface area contributed by atoms with Crippen molar-refractivity contribution in [1.29, 1.82) is 5.26 Å². The van der Waals surface area contributed by atoms with Crippen LogP contribution in [-0.4, -0.2) is 50.9 Å². The lowest BCUT2D eigenvalue weighted by atomic mass is 9.94. The molecule has 10 nitrogen and oxygen atoms in total. The highest BCUT2D eigenvalue weighted by molar-refractivity contribution is 5.78. The normalized spacial score (nSPS) is 18.3. The SMILES string of the molecule is CC(C)(C)OC(=O)N[C@H]1C[C@@H](C(C)(C)O)N(c2cc(-c3cnccc3C#N)ccc2[N+](=O)[O-])C1. The summed E-state index contributed by atoms with van der Waals surface area (Å²) in [4.78, 5) is 29.6. The van der Waals surface area contributed by atoms with E-state index in [1.54, 1.807) is 57.7 Å². The first-order valence-corrected chi connectivity index (χ1v) is 10.9. The number of anilines is 1. The predicted octanol–water partition coefficient (Wildman–Crippen LogP) is 3.77. The van der Waals surface area contributed by atoms with Crippen LogP contribution in [0.3, 0.4) is 0 Å². The third kappa shape index (κ3) is 5.61. The Morgan fingerprint density at radius 1 is 1.32 bits per heavy atom. The molecule has 2 N–H and O–H groups in total. The van der Waals surface area contributed by atoms with E-state index in [1.165, 1.54) is 18.5 Å². The fourth-order valence-corrected chi connectivity index (χ4v) is 4.15. The molecule has 0 aliphatic carbocycles. The molecule has 0 radical (unpaired) electrons. The third-order valence-electron chi connectivity index (χ3n) is 5.57. The Kier molecular flexibility index (Phi) is 6.79. The van der Waals surface area contributed by atoms with E-state index < -0.39 is 34.3 Å². The van der Waals surface area contributed by atoms with E-state index in [0.29, 0.717) is 23.1 Å². The van der Waals surface area contributed by atoms with Gasteiger partial charge in [0.2, 0.25) is 0 Å². The summed E-state index contributed by atoms with van der Waals surface area (Å²) in [6, 6.07) is 7.35. The second-order valence-corrected chi connectivity index (χ2v) is 9.89. The summed E-state index contributed by atoms with van der Waals surface area (Å²) in [5.41, 5.74) is -0.228. The van der Waals surface area contributed by atoms with Crippen molar-refractivity contribution in [3.05, 3.63) is 52.3 Å². The lowest BCUT2D eigenvalue weighted by molar-refractivity contribution is -0.384. The van der Waals surface area contributed by atoms with Crippen molar-refractivity contribution < 1.29 is 19.6 Å². The number of nitrogens with one attached hydrogen (secondary N) is 1. The van der Waals surface area contributed by atoms with E-state index >= 15 is 0 Å². The number of rotatable bonds is 5.